The molecule has 0 radical (unpaired) electrons. The predicted molar refractivity (Wildman–Crippen MR) is 77.2 cm³/mol. The summed E-state index contributed by atoms with van der Waals surface area (Å²) in [7, 11) is 0. The Bertz CT molecular complexity index is 812. The Morgan fingerprint density at radius 1 is 1.27 bits per heavy atom. The second-order valence-corrected chi connectivity index (χ2v) is 4.97. The molecule has 0 bridgehead atoms. The zero-order chi connectivity index (χ0) is 15.5. The van der Waals surface area contributed by atoms with Crippen molar-refractivity contribution in [1.82, 2.24) is 20.6 Å². The van der Waals surface area contributed by atoms with E-state index in [-0.39, 0.29) is 18.2 Å². The van der Waals surface area contributed by atoms with E-state index in [1.54, 1.807) is 31.2 Å². The molecule has 0 unspecified atom stereocenters. The minimum Gasteiger partial charge on any atom is -0.351 e. The van der Waals surface area contributed by atoms with Gasteiger partial charge >= 0.3 is 0 Å². The third-order valence-electron chi connectivity index (χ3n) is 2.80. The highest BCUT2D eigenvalue weighted by molar-refractivity contribution is 6.30. The van der Waals surface area contributed by atoms with Crippen molar-refractivity contribution >= 4 is 17.5 Å². The highest BCUT2D eigenvalue weighted by Gasteiger charge is 2.14. The molecule has 8 heteroatoms. The SMILES string of the molecule is Cc1cc(C(=O)NCc2nc(-c3cccc(Cl)c3)no2)on1. The standard InChI is InChI=1S/C14H11ClN4O3/c1-8-5-11(21-18-8)14(20)16-7-12-17-13(19-22-12)9-3-2-4-10(15)6-9/h2-6H,7H2,1H3,(H,16,20). The third-order valence-corrected chi connectivity index (χ3v) is 3.04. The molecule has 0 aliphatic heterocycles. The highest BCUT2D eigenvalue weighted by Crippen LogP contribution is 2.19. The zero-order valence-corrected chi connectivity index (χ0v) is 12.3. The molecule has 0 saturated heterocycles. The summed E-state index contributed by atoms with van der Waals surface area (Å²) in [6.07, 6.45) is 0. The van der Waals surface area contributed by atoms with Crippen molar-refractivity contribution in [2.75, 3.05) is 0 Å². The lowest BCUT2D eigenvalue weighted by molar-refractivity contribution is 0.0909. The summed E-state index contributed by atoms with van der Waals surface area (Å²) in [4.78, 5) is 16.0. The Kier molecular flexibility index (Phi) is 3.88. The molecule has 112 valence electrons. The minimum atomic E-state index is -0.400. The van der Waals surface area contributed by atoms with Crippen LogP contribution < -0.4 is 5.32 Å². The maximum absolute atomic E-state index is 11.8. The maximum atomic E-state index is 11.8. The minimum absolute atomic E-state index is 0.0894. The summed E-state index contributed by atoms with van der Waals surface area (Å²) in [6.45, 7) is 1.82. The molecule has 1 aromatic carbocycles. The van der Waals surface area contributed by atoms with Gasteiger partial charge in [0.2, 0.25) is 17.5 Å². The van der Waals surface area contributed by atoms with E-state index in [1.165, 1.54) is 0 Å². The van der Waals surface area contributed by atoms with Crippen molar-refractivity contribution < 1.29 is 13.8 Å². The van der Waals surface area contributed by atoms with Crippen LogP contribution >= 0.6 is 11.6 Å². The molecule has 2 heterocycles. The molecule has 0 aliphatic carbocycles. The van der Waals surface area contributed by atoms with Crippen LogP contribution in [-0.4, -0.2) is 21.2 Å². The fourth-order valence-corrected chi connectivity index (χ4v) is 1.98. The number of amides is 1. The number of halogens is 1. The van der Waals surface area contributed by atoms with Gasteiger partial charge in [0.1, 0.15) is 0 Å². The van der Waals surface area contributed by atoms with E-state index < -0.39 is 5.91 Å². The van der Waals surface area contributed by atoms with E-state index >= 15 is 0 Å². The van der Waals surface area contributed by atoms with Crippen molar-refractivity contribution in [3.8, 4) is 11.4 Å². The first-order valence-electron chi connectivity index (χ1n) is 6.42. The third kappa shape index (κ3) is 3.15. The average molecular weight is 319 g/mol. The van der Waals surface area contributed by atoms with Crippen molar-refractivity contribution in [2.24, 2.45) is 0 Å². The van der Waals surface area contributed by atoms with E-state index in [0.29, 0.717) is 16.5 Å². The van der Waals surface area contributed by atoms with Crippen LogP contribution in [0, 0.1) is 6.92 Å². The van der Waals surface area contributed by atoms with Crippen molar-refractivity contribution in [2.45, 2.75) is 13.5 Å². The van der Waals surface area contributed by atoms with Crippen LogP contribution in [0.2, 0.25) is 5.02 Å². The maximum Gasteiger partial charge on any atom is 0.290 e. The predicted octanol–water partition coefficient (Wildman–Crippen LogP) is 2.62. The quantitative estimate of drug-likeness (QED) is 0.794. The van der Waals surface area contributed by atoms with Crippen LogP contribution in [-0.2, 0) is 6.54 Å². The zero-order valence-electron chi connectivity index (χ0n) is 11.5. The van der Waals surface area contributed by atoms with Crippen molar-refractivity contribution in [3.63, 3.8) is 0 Å². The molecule has 3 rings (SSSR count). The molecular formula is C14H11ClN4O3. The van der Waals surface area contributed by atoms with Gasteiger partial charge in [-0.2, -0.15) is 4.98 Å². The van der Waals surface area contributed by atoms with E-state index in [9.17, 15) is 4.79 Å². The molecule has 22 heavy (non-hydrogen) atoms. The first-order chi connectivity index (χ1) is 10.6. The summed E-state index contributed by atoms with van der Waals surface area (Å²) >= 11 is 5.91. The summed E-state index contributed by atoms with van der Waals surface area (Å²) in [6, 6.07) is 8.64. The van der Waals surface area contributed by atoms with Crippen LogP contribution in [0.5, 0.6) is 0 Å². The Hall–Kier alpha value is -2.67. The molecule has 2 aromatic heterocycles. The van der Waals surface area contributed by atoms with E-state index in [0.717, 1.165) is 5.56 Å². The Balaban J connectivity index is 1.66. The monoisotopic (exact) mass is 318 g/mol. The second kappa shape index (κ2) is 5.98. The van der Waals surface area contributed by atoms with E-state index in [4.69, 9.17) is 20.6 Å². The van der Waals surface area contributed by atoms with Gasteiger partial charge in [-0.15, -0.1) is 0 Å². The molecule has 1 N–H and O–H groups in total. The van der Waals surface area contributed by atoms with Gasteiger partial charge in [-0.3, -0.25) is 4.79 Å². The molecule has 0 aliphatic rings. The molecule has 0 spiro atoms. The largest absolute Gasteiger partial charge is 0.351 e. The summed E-state index contributed by atoms with van der Waals surface area (Å²) in [5.41, 5.74) is 1.37. The molecule has 7 nitrogen and oxygen atoms in total. The van der Waals surface area contributed by atoms with E-state index in [1.807, 2.05) is 6.07 Å². The van der Waals surface area contributed by atoms with Gasteiger partial charge in [0.15, 0.2) is 0 Å². The number of hydrogen-bond donors (Lipinski definition) is 1. The Morgan fingerprint density at radius 2 is 2.14 bits per heavy atom. The normalized spacial score (nSPS) is 10.6. The lowest BCUT2D eigenvalue weighted by atomic mass is 10.2. The number of hydrogen-bond acceptors (Lipinski definition) is 6. The van der Waals surface area contributed by atoms with Crippen LogP contribution in [0.4, 0.5) is 0 Å². The van der Waals surface area contributed by atoms with E-state index in [2.05, 4.69) is 20.6 Å². The highest BCUT2D eigenvalue weighted by atomic mass is 35.5. The molecule has 1 amide bonds. The topological polar surface area (TPSA) is 94.1 Å². The van der Waals surface area contributed by atoms with Gasteiger partial charge in [-0.1, -0.05) is 34.0 Å². The van der Waals surface area contributed by atoms with Crippen LogP contribution in [0.15, 0.2) is 39.4 Å². The van der Waals surface area contributed by atoms with Gasteiger partial charge in [-0.25, -0.2) is 0 Å². The number of carbonyl (C=O) groups is 1. The second-order valence-electron chi connectivity index (χ2n) is 4.54. The molecule has 0 saturated carbocycles. The first-order valence-corrected chi connectivity index (χ1v) is 6.79. The number of carbonyl (C=O) groups excluding carboxylic acids is 1. The number of nitrogens with zero attached hydrogens (tertiary/aromatic N) is 3. The fraction of sp³-hybridized carbons (Fsp3) is 0.143. The van der Waals surface area contributed by atoms with Crippen molar-refractivity contribution in [3.05, 3.63) is 52.7 Å². The summed E-state index contributed by atoms with van der Waals surface area (Å²) < 4.78 is 9.94. The molecule has 0 fully saturated rings. The van der Waals surface area contributed by atoms with Crippen LogP contribution in [0.1, 0.15) is 22.1 Å². The lowest BCUT2D eigenvalue weighted by Crippen LogP contribution is -2.22. The number of nitrogens with one attached hydrogen (secondary N) is 1. The average Bonchev–Trinajstić information content (AvgIpc) is 3.14. The van der Waals surface area contributed by atoms with Gasteiger partial charge in [-0.05, 0) is 19.1 Å². The lowest BCUT2D eigenvalue weighted by Gasteiger charge is -1.97. The Morgan fingerprint density at radius 3 is 2.86 bits per heavy atom. The van der Waals surface area contributed by atoms with Gasteiger partial charge in [0.25, 0.3) is 5.91 Å². The number of benzene rings is 1. The summed E-state index contributed by atoms with van der Waals surface area (Å²) in [5.74, 6) is 0.414. The fourth-order valence-electron chi connectivity index (χ4n) is 1.79. The number of aryl methyl sites for hydroxylation is 1. The number of rotatable bonds is 4. The molecule has 0 atom stereocenters. The van der Waals surface area contributed by atoms with Gasteiger partial charge in [0.05, 0.1) is 12.2 Å². The van der Waals surface area contributed by atoms with Crippen LogP contribution in [0.3, 0.4) is 0 Å². The molecular weight excluding hydrogens is 308 g/mol. The van der Waals surface area contributed by atoms with Crippen LogP contribution in [0.25, 0.3) is 11.4 Å². The molecule has 3 aromatic rings. The summed E-state index contributed by atoms with van der Waals surface area (Å²) in [5, 5.41) is 10.7. The van der Waals surface area contributed by atoms with Gasteiger partial charge < -0.3 is 14.4 Å². The smallest absolute Gasteiger partial charge is 0.290 e. The number of aromatic nitrogens is 3. The van der Waals surface area contributed by atoms with Crippen molar-refractivity contribution in [1.29, 1.82) is 0 Å². The first kappa shape index (κ1) is 14.3. The Labute approximate surface area is 130 Å². The van der Waals surface area contributed by atoms with Gasteiger partial charge in [0, 0.05) is 16.7 Å².